The molecule has 0 radical (unpaired) electrons. The molecule has 0 aliphatic carbocycles. The van der Waals surface area contributed by atoms with Gasteiger partial charge in [-0.1, -0.05) is 54.6 Å². The van der Waals surface area contributed by atoms with Crippen molar-refractivity contribution in [1.82, 2.24) is 29.7 Å². The van der Waals surface area contributed by atoms with E-state index in [1.807, 2.05) is 26.0 Å². The van der Waals surface area contributed by atoms with Crippen molar-refractivity contribution in [1.29, 1.82) is 0 Å². The Balaban J connectivity index is 1.22. The molecule has 1 saturated heterocycles. The van der Waals surface area contributed by atoms with Gasteiger partial charge in [0.2, 0.25) is 12.0 Å². The number of piperazine rings is 1. The number of carboxylic acid groups (broad SMARTS) is 1. The van der Waals surface area contributed by atoms with Crippen LogP contribution in [0.5, 0.6) is 23.1 Å². The number of likely N-dealkylation sites (N-methyl/N-ethyl adjacent to an activating group) is 1. The number of aliphatic hydroxyl groups excluding tert-OH is 1. The molecule has 336 valence electrons. The Kier molecular flexibility index (Phi) is 14.2. The molecular weight excluding hydrogens is 871 g/mol. The van der Waals surface area contributed by atoms with Gasteiger partial charge in [-0.15, -0.1) is 11.3 Å². The summed E-state index contributed by atoms with van der Waals surface area (Å²) in [5.74, 6) is 0.172. The van der Waals surface area contributed by atoms with Crippen LogP contribution < -0.4 is 18.9 Å². The summed E-state index contributed by atoms with van der Waals surface area (Å²) in [6.07, 6.45) is 5.99. The van der Waals surface area contributed by atoms with Gasteiger partial charge in [-0.3, -0.25) is 4.90 Å². The van der Waals surface area contributed by atoms with Crippen molar-refractivity contribution in [2.75, 3.05) is 53.0 Å². The summed E-state index contributed by atoms with van der Waals surface area (Å²) >= 11 is 8.58. The van der Waals surface area contributed by atoms with Gasteiger partial charge < -0.3 is 34.1 Å². The van der Waals surface area contributed by atoms with E-state index in [2.05, 4.69) is 38.4 Å². The number of thiophene rings is 1. The number of allylic oxidation sites excluding steroid dienone is 3. The highest BCUT2D eigenvalue weighted by Gasteiger charge is 2.30. The van der Waals surface area contributed by atoms with E-state index in [-0.39, 0.29) is 37.9 Å². The summed E-state index contributed by atoms with van der Waals surface area (Å²) in [6, 6.07) is 16.9. The van der Waals surface area contributed by atoms with Crippen LogP contribution in [0.4, 0.5) is 4.39 Å². The SMILES string of the molecule is C=C/C=C\C(CO)=C(/C)c1nccc(COc2ccc3cc2C[C@H](C(=O)O)Oc2ncnc4sc(-c5ccc(F)cc5)c(c24)-c2ccc(c(Cl)c2C)OC(CN2CCN(C)CC2)CO3)n1. The molecule has 0 spiro atoms. The van der Waals surface area contributed by atoms with E-state index in [0.717, 1.165) is 42.2 Å². The van der Waals surface area contributed by atoms with Crippen LogP contribution in [-0.4, -0.2) is 111 Å². The summed E-state index contributed by atoms with van der Waals surface area (Å²) in [4.78, 5) is 37.4. The molecule has 3 aromatic carbocycles. The largest absolute Gasteiger partial charge is 0.490 e. The van der Waals surface area contributed by atoms with Gasteiger partial charge in [0.25, 0.3) is 0 Å². The van der Waals surface area contributed by atoms with Crippen LogP contribution in [0.1, 0.15) is 29.6 Å². The van der Waals surface area contributed by atoms with Gasteiger partial charge in [0.05, 0.1) is 22.7 Å². The molecule has 16 heteroatoms. The number of benzene rings is 3. The van der Waals surface area contributed by atoms with Crippen LogP contribution in [0, 0.1) is 12.7 Å². The molecule has 0 saturated carbocycles. The number of hydrogen-bond acceptors (Lipinski definition) is 13. The van der Waals surface area contributed by atoms with E-state index >= 15 is 0 Å². The van der Waals surface area contributed by atoms with Crippen LogP contribution in [0.25, 0.3) is 37.4 Å². The predicted octanol–water partition coefficient (Wildman–Crippen LogP) is 8.47. The molecule has 13 nitrogen and oxygen atoms in total. The van der Waals surface area contributed by atoms with Crippen molar-refractivity contribution in [2.24, 2.45) is 0 Å². The third-order valence-electron chi connectivity index (χ3n) is 11.4. The zero-order chi connectivity index (χ0) is 45.6. The maximum absolute atomic E-state index is 14.3. The molecular formula is C49H48ClFN6O7S. The number of aliphatic hydroxyl groups is 1. The third-order valence-corrected chi connectivity index (χ3v) is 13.1. The maximum Gasteiger partial charge on any atom is 0.345 e. The number of ether oxygens (including phenoxy) is 4. The monoisotopic (exact) mass is 918 g/mol. The first-order chi connectivity index (χ1) is 31.5. The molecule has 4 bridgehead atoms. The predicted molar refractivity (Wildman–Crippen MR) is 249 cm³/mol. The maximum atomic E-state index is 14.3. The second-order valence-corrected chi connectivity index (χ2v) is 17.2. The van der Waals surface area contributed by atoms with Crippen molar-refractivity contribution in [3.8, 4) is 44.7 Å². The Hall–Kier alpha value is -6.23. The summed E-state index contributed by atoms with van der Waals surface area (Å²) in [6.45, 7) is 11.5. The molecule has 65 heavy (non-hydrogen) atoms. The van der Waals surface area contributed by atoms with Crippen LogP contribution in [0.15, 0.2) is 104 Å². The van der Waals surface area contributed by atoms with Crippen LogP contribution >= 0.6 is 22.9 Å². The number of aromatic nitrogens is 4. The van der Waals surface area contributed by atoms with Crippen LogP contribution in [-0.2, 0) is 17.8 Å². The van der Waals surface area contributed by atoms with Crippen molar-refractivity contribution in [3.63, 3.8) is 0 Å². The standard InChI is InChI=1S/C49H48ClFN6O7S/c1-5-6-7-32(25-58)29(2)46-52-17-16-35(55-46)26-62-39-14-12-36-22-33(39)23-41(49(59)60)64-47-43-42(45(65-48(43)54-28-53-47)31-8-10-34(51)11-9-31)38-13-15-40(44(50)30(38)3)63-37(27-61-36)24-57-20-18-56(4)19-21-57/h5-17,22,28,37,41,58H,1,18-21,23-27H2,2-4H3,(H,59,60)/b7-6-,32-29-/t37?,41-/m1/s1. The lowest BCUT2D eigenvalue weighted by atomic mass is 9.96. The second kappa shape index (κ2) is 20.3. The van der Waals surface area contributed by atoms with Crippen LogP contribution in [0.3, 0.4) is 0 Å². The van der Waals surface area contributed by atoms with E-state index in [1.54, 1.807) is 60.8 Å². The van der Waals surface area contributed by atoms with Crippen molar-refractivity contribution in [3.05, 3.63) is 137 Å². The van der Waals surface area contributed by atoms with Gasteiger partial charge in [-0.25, -0.2) is 29.1 Å². The van der Waals surface area contributed by atoms with E-state index in [4.69, 9.17) is 35.5 Å². The molecule has 3 aromatic heterocycles. The van der Waals surface area contributed by atoms with Crippen molar-refractivity contribution in [2.45, 2.75) is 39.1 Å². The minimum Gasteiger partial charge on any atom is -0.490 e. The quantitative estimate of drug-likeness (QED) is 0.120. The van der Waals surface area contributed by atoms with Gasteiger partial charge >= 0.3 is 5.97 Å². The first kappa shape index (κ1) is 45.3. The summed E-state index contributed by atoms with van der Waals surface area (Å²) in [5.41, 5.74) is 5.17. The van der Waals surface area contributed by atoms with E-state index in [1.165, 1.54) is 29.8 Å². The lowest BCUT2D eigenvalue weighted by Crippen LogP contribution is -2.49. The van der Waals surface area contributed by atoms with E-state index in [0.29, 0.717) is 78.4 Å². The Bertz CT molecular complexity index is 2770. The van der Waals surface area contributed by atoms with E-state index < -0.39 is 18.2 Å². The normalized spacial score (nSPS) is 17.5. The third kappa shape index (κ3) is 10.3. The number of fused-ring (bicyclic) bond motifs is 7. The van der Waals surface area contributed by atoms with Crippen LogP contribution in [0.2, 0.25) is 5.02 Å². The van der Waals surface area contributed by atoms with Gasteiger partial charge in [-0.2, -0.15) is 0 Å². The number of rotatable bonds is 11. The lowest BCUT2D eigenvalue weighted by molar-refractivity contribution is -0.145. The number of halogens is 2. The molecule has 2 atom stereocenters. The smallest absolute Gasteiger partial charge is 0.345 e. The topological polar surface area (TPSA) is 152 Å². The number of hydrogen-bond donors (Lipinski definition) is 2. The minimum atomic E-state index is -1.46. The van der Waals surface area contributed by atoms with Gasteiger partial charge in [-0.05, 0) is 91.2 Å². The summed E-state index contributed by atoms with van der Waals surface area (Å²) < 4.78 is 40.3. The second-order valence-electron chi connectivity index (χ2n) is 15.9. The number of aliphatic carboxylic acids is 1. The zero-order valence-electron chi connectivity index (χ0n) is 36.2. The first-order valence-electron chi connectivity index (χ1n) is 21.1. The van der Waals surface area contributed by atoms with E-state index in [9.17, 15) is 19.4 Å². The highest BCUT2D eigenvalue weighted by atomic mass is 35.5. The zero-order valence-corrected chi connectivity index (χ0v) is 37.7. The number of nitrogens with zero attached hydrogens (tertiary/aromatic N) is 6. The van der Waals surface area contributed by atoms with Crippen molar-refractivity contribution >= 4 is 44.7 Å². The van der Waals surface area contributed by atoms with Crippen molar-refractivity contribution < 1.29 is 38.3 Å². The number of carbonyl (C=O) groups is 1. The Morgan fingerprint density at radius 2 is 1.86 bits per heavy atom. The molecule has 1 unspecified atom stereocenters. The molecule has 0 amide bonds. The first-order valence-corrected chi connectivity index (χ1v) is 22.3. The Morgan fingerprint density at radius 1 is 1.06 bits per heavy atom. The molecule has 9 rings (SSSR count). The fourth-order valence-corrected chi connectivity index (χ4v) is 9.15. The molecule has 6 aromatic rings. The summed E-state index contributed by atoms with van der Waals surface area (Å²) in [5, 5.41) is 21.7. The molecule has 1 fully saturated rings. The van der Waals surface area contributed by atoms with Gasteiger partial charge in [0.15, 0.2) is 5.82 Å². The molecule has 3 aliphatic rings. The highest BCUT2D eigenvalue weighted by molar-refractivity contribution is 7.22. The van der Waals surface area contributed by atoms with Gasteiger partial charge in [0, 0.05) is 61.3 Å². The minimum absolute atomic E-state index is 0.0147. The molecule has 3 aliphatic heterocycles. The highest BCUT2D eigenvalue weighted by Crippen LogP contribution is 2.49. The molecule has 2 N–H and O–H groups in total. The average molecular weight is 919 g/mol. The van der Waals surface area contributed by atoms with Gasteiger partial charge in [0.1, 0.15) is 53.5 Å². The average Bonchev–Trinajstić information content (AvgIpc) is 3.70. The Morgan fingerprint density at radius 3 is 2.62 bits per heavy atom. The lowest BCUT2D eigenvalue weighted by Gasteiger charge is -2.34. The Labute approximate surface area is 385 Å². The summed E-state index contributed by atoms with van der Waals surface area (Å²) in [7, 11) is 2.11. The number of carboxylic acids is 1. The molecule has 6 heterocycles. The fraction of sp³-hybridized carbons (Fsp3) is 0.286. The fourth-order valence-electron chi connectivity index (χ4n) is 7.78.